The first kappa shape index (κ1) is 72.6. The fourth-order valence-electron chi connectivity index (χ4n) is 9.33. The molecule has 0 aromatic rings. The van der Waals surface area contributed by atoms with Gasteiger partial charge in [-0.2, -0.15) is 0 Å². The van der Waals surface area contributed by atoms with E-state index in [9.17, 15) is 14.4 Å². The van der Waals surface area contributed by atoms with Crippen LogP contribution in [0.1, 0.15) is 323 Å². The third-order valence-corrected chi connectivity index (χ3v) is 14.1. The molecule has 76 heavy (non-hydrogen) atoms. The number of ether oxygens (including phenoxy) is 3. The molecule has 0 aromatic carbocycles. The zero-order valence-corrected chi connectivity index (χ0v) is 50.3. The highest BCUT2D eigenvalue weighted by Gasteiger charge is 2.19. The summed E-state index contributed by atoms with van der Waals surface area (Å²) in [5.41, 5.74) is 0. The quantitative estimate of drug-likeness (QED) is 0.0261. The highest BCUT2D eigenvalue weighted by molar-refractivity contribution is 5.71. The van der Waals surface area contributed by atoms with Crippen molar-refractivity contribution in [3.05, 3.63) is 85.1 Å². The normalized spacial score (nSPS) is 12.6. The smallest absolute Gasteiger partial charge is 0.306 e. The molecule has 0 heterocycles. The van der Waals surface area contributed by atoms with Gasteiger partial charge in [-0.05, 0) is 89.9 Å². The second kappa shape index (κ2) is 64.1. The minimum Gasteiger partial charge on any atom is -0.462 e. The van der Waals surface area contributed by atoms with Crippen LogP contribution in [0.25, 0.3) is 0 Å². The summed E-state index contributed by atoms with van der Waals surface area (Å²) in [5, 5.41) is 0. The average molecular weight is 1060 g/mol. The van der Waals surface area contributed by atoms with Crippen LogP contribution in [-0.4, -0.2) is 37.2 Å². The molecule has 1 unspecified atom stereocenters. The summed E-state index contributed by atoms with van der Waals surface area (Å²) < 4.78 is 16.9. The van der Waals surface area contributed by atoms with E-state index < -0.39 is 6.10 Å². The lowest BCUT2D eigenvalue weighted by Crippen LogP contribution is -2.30. The van der Waals surface area contributed by atoms with Crippen LogP contribution < -0.4 is 0 Å². The van der Waals surface area contributed by atoms with Crippen LogP contribution in [0.3, 0.4) is 0 Å². The van der Waals surface area contributed by atoms with Gasteiger partial charge in [0.2, 0.25) is 0 Å². The fraction of sp³-hybridized carbons (Fsp3) is 0.757. The maximum absolute atomic E-state index is 12.9. The molecule has 0 amide bonds. The topological polar surface area (TPSA) is 78.9 Å². The minimum atomic E-state index is -0.802. The van der Waals surface area contributed by atoms with Crippen LogP contribution in [-0.2, 0) is 28.6 Å². The standard InChI is InChI=1S/C70H122O6/c1-4-7-10-13-16-19-22-25-27-29-30-31-32-33-34-35-36-37-38-39-41-42-45-48-51-54-57-60-63-69(72)75-66-67(65-74-68(71)62-59-56-53-50-47-44-24-21-18-15-12-9-6-3)76-70(73)64-61-58-55-52-49-46-43-40-28-26-23-20-17-14-11-8-5-2/h8-9,11-12,17-18,20-21,26,28,43-44,46-47,67H,4-7,10,13-16,19,22-25,27,29-42,45,48-66H2,1-3H3/b11-8-,12-9-,20-17-,21-18-,28-26-,46-43-,47-44-. The molecule has 0 aliphatic rings. The molecule has 0 aliphatic carbocycles. The largest absolute Gasteiger partial charge is 0.462 e. The van der Waals surface area contributed by atoms with Crippen LogP contribution in [0, 0.1) is 0 Å². The van der Waals surface area contributed by atoms with Crippen molar-refractivity contribution < 1.29 is 28.6 Å². The molecule has 0 radical (unpaired) electrons. The fourth-order valence-corrected chi connectivity index (χ4v) is 9.33. The molecule has 0 saturated carbocycles. The van der Waals surface area contributed by atoms with Crippen LogP contribution in [0.15, 0.2) is 85.1 Å². The van der Waals surface area contributed by atoms with Crippen LogP contribution in [0.2, 0.25) is 0 Å². The molecule has 0 rings (SSSR count). The first-order chi connectivity index (χ1) is 37.5. The first-order valence-electron chi connectivity index (χ1n) is 32.6. The number of allylic oxidation sites excluding steroid dienone is 14. The van der Waals surface area contributed by atoms with E-state index in [2.05, 4.69) is 106 Å². The Hall–Kier alpha value is -3.41. The second-order valence-electron chi connectivity index (χ2n) is 21.6. The summed E-state index contributed by atoms with van der Waals surface area (Å²) in [6.45, 7) is 6.40. The zero-order valence-electron chi connectivity index (χ0n) is 50.3. The highest BCUT2D eigenvalue weighted by atomic mass is 16.6. The highest BCUT2D eigenvalue weighted by Crippen LogP contribution is 2.17. The summed E-state index contributed by atoms with van der Waals surface area (Å²) >= 11 is 0. The molecule has 0 aromatic heterocycles. The SMILES string of the molecule is CC/C=C\C/C=C\C/C=C\C/C=C\CCCCCCC(=O)OC(COC(=O)CCCCC/C=C\C/C=C\C/C=C\CC)COC(=O)CCCCCCCCCCCCCCCCCCCCCCCCCCCCCC. The number of unbranched alkanes of at least 4 members (excludes halogenated alkanes) is 34. The van der Waals surface area contributed by atoms with Crippen LogP contribution >= 0.6 is 0 Å². The molecule has 0 spiro atoms. The van der Waals surface area contributed by atoms with Gasteiger partial charge in [0, 0.05) is 19.3 Å². The maximum Gasteiger partial charge on any atom is 0.306 e. The van der Waals surface area contributed by atoms with Crippen molar-refractivity contribution in [1.29, 1.82) is 0 Å². The van der Waals surface area contributed by atoms with E-state index in [1.165, 1.54) is 161 Å². The Kier molecular flexibility index (Phi) is 61.2. The summed E-state index contributed by atoms with van der Waals surface area (Å²) in [7, 11) is 0. The maximum atomic E-state index is 12.9. The molecule has 0 bridgehead atoms. The molecular formula is C70H122O6. The average Bonchev–Trinajstić information content (AvgIpc) is 3.42. The molecular weight excluding hydrogens is 937 g/mol. The number of hydrogen-bond acceptors (Lipinski definition) is 6. The van der Waals surface area contributed by atoms with Crippen LogP contribution in [0.5, 0.6) is 0 Å². The molecule has 1 atom stereocenters. The van der Waals surface area contributed by atoms with Gasteiger partial charge in [-0.3, -0.25) is 14.4 Å². The molecule has 0 N–H and O–H groups in total. The van der Waals surface area contributed by atoms with Gasteiger partial charge in [-0.15, -0.1) is 0 Å². The molecule has 6 nitrogen and oxygen atoms in total. The van der Waals surface area contributed by atoms with Crippen LogP contribution in [0.4, 0.5) is 0 Å². The van der Waals surface area contributed by atoms with Gasteiger partial charge < -0.3 is 14.2 Å². The molecule has 0 aliphatic heterocycles. The summed E-state index contributed by atoms with van der Waals surface area (Å²) in [6, 6.07) is 0. The van der Waals surface area contributed by atoms with E-state index in [1.54, 1.807) is 0 Å². The van der Waals surface area contributed by atoms with Crippen molar-refractivity contribution in [1.82, 2.24) is 0 Å². The third kappa shape index (κ3) is 61.4. The van der Waals surface area contributed by atoms with Gasteiger partial charge in [-0.25, -0.2) is 0 Å². The van der Waals surface area contributed by atoms with E-state index in [1.807, 2.05) is 0 Å². The lowest BCUT2D eigenvalue weighted by molar-refractivity contribution is -0.167. The first-order valence-corrected chi connectivity index (χ1v) is 32.6. The van der Waals surface area contributed by atoms with Crippen molar-refractivity contribution >= 4 is 17.9 Å². The van der Waals surface area contributed by atoms with Crippen molar-refractivity contribution in [2.45, 2.75) is 329 Å². The number of carbonyl (C=O) groups is 3. The van der Waals surface area contributed by atoms with E-state index in [-0.39, 0.29) is 31.1 Å². The lowest BCUT2D eigenvalue weighted by Gasteiger charge is -2.18. The molecule has 0 fully saturated rings. The number of esters is 3. The van der Waals surface area contributed by atoms with E-state index in [0.29, 0.717) is 19.3 Å². The number of carbonyl (C=O) groups excluding carboxylic acids is 3. The second-order valence-corrected chi connectivity index (χ2v) is 21.6. The van der Waals surface area contributed by atoms with Gasteiger partial charge in [-0.1, -0.05) is 298 Å². The number of rotatable bonds is 59. The Bertz CT molecular complexity index is 1450. The molecule has 0 saturated heterocycles. The van der Waals surface area contributed by atoms with Gasteiger partial charge in [0.15, 0.2) is 6.10 Å². The van der Waals surface area contributed by atoms with Crippen molar-refractivity contribution in [2.75, 3.05) is 13.2 Å². The van der Waals surface area contributed by atoms with E-state index >= 15 is 0 Å². The predicted molar refractivity (Wildman–Crippen MR) is 330 cm³/mol. The molecule has 438 valence electrons. The lowest BCUT2D eigenvalue weighted by atomic mass is 10.0. The number of hydrogen-bond donors (Lipinski definition) is 0. The van der Waals surface area contributed by atoms with Gasteiger partial charge in [0.1, 0.15) is 13.2 Å². The minimum absolute atomic E-state index is 0.0940. The Morgan fingerprint density at radius 1 is 0.276 bits per heavy atom. The Balaban J connectivity index is 4.25. The summed E-state index contributed by atoms with van der Waals surface area (Å²) in [5.74, 6) is -0.937. The summed E-state index contributed by atoms with van der Waals surface area (Å²) in [4.78, 5) is 38.3. The molecule has 6 heteroatoms. The Morgan fingerprint density at radius 3 is 0.816 bits per heavy atom. The van der Waals surface area contributed by atoms with Gasteiger partial charge in [0.25, 0.3) is 0 Å². The van der Waals surface area contributed by atoms with Gasteiger partial charge >= 0.3 is 17.9 Å². The Labute approximate surface area is 471 Å². The van der Waals surface area contributed by atoms with Gasteiger partial charge in [0.05, 0.1) is 0 Å². The van der Waals surface area contributed by atoms with E-state index in [0.717, 1.165) is 122 Å². The van der Waals surface area contributed by atoms with Crippen molar-refractivity contribution in [3.8, 4) is 0 Å². The van der Waals surface area contributed by atoms with E-state index in [4.69, 9.17) is 14.2 Å². The van der Waals surface area contributed by atoms with Crippen molar-refractivity contribution in [3.63, 3.8) is 0 Å². The summed E-state index contributed by atoms with van der Waals surface area (Å²) in [6.07, 6.45) is 84.7. The monoisotopic (exact) mass is 1060 g/mol. The van der Waals surface area contributed by atoms with Crippen molar-refractivity contribution in [2.24, 2.45) is 0 Å². The third-order valence-electron chi connectivity index (χ3n) is 14.1. The zero-order chi connectivity index (χ0) is 55.0. The Morgan fingerprint density at radius 2 is 0.513 bits per heavy atom. The predicted octanol–water partition coefficient (Wildman–Crippen LogP) is 22.3.